The summed E-state index contributed by atoms with van der Waals surface area (Å²) in [4.78, 5) is 9.25. The average Bonchev–Trinajstić information content (AvgIpc) is 2.75. The average molecular weight is 596 g/mol. The topological polar surface area (TPSA) is 35.0 Å². The Morgan fingerprint density at radius 2 is 1.61 bits per heavy atom. The zero-order valence-electron chi connectivity index (χ0n) is 16.8. The number of rotatable bonds is 5. The van der Waals surface area contributed by atoms with Crippen LogP contribution in [0.15, 0.2) is 72.8 Å². The summed E-state index contributed by atoms with van der Waals surface area (Å²) in [6.07, 6.45) is 0. The van der Waals surface area contributed by atoms with E-state index in [-0.39, 0.29) is 26.6 Å². The maximum absolute atomic E-state index is 14.2. The second kappa shape index (κ2) is 9.48. The first-order valence-electron chi connectivity index (χ1n) is 9.40. The standard InChI is InChI=1S/C25H18F2N2O.Pt/c1-25(2,23-12-7-13-24(29-23)30-18-8-4-3-5-9-18)22-11-6-10-21(28-22)19-15-14-17(26)16-20(19)27;/h3-8,10-14,16H,1-2H3;/q-2;+2. The Bertz CT molecular complexity index is 1180. The van der Waals surface area contributed by atoms with Crippen LogP contribution in [-0.4, -0.2) is 9.97 Å². The van der Waals surface area contributed by atoms with E-state index in [0.717, 1.165) is 17.8 Å². The Balaban J connectivity index is 0.00000272. The van der Waals surface area contributed by atoms with E-state index in [9.17, 15) is 8.78 Å². The quantitative estimate of drug-likeness (QED) is 0.260. The number of pyridine rings is 2. The van der Waals surface area contributed by atoms with E-state index >= 15 is 0 Å². The van der Waals surface area contributed by atoms with Crippen LogP contribution >= 0.6 is 0 Å². The molecule has 0 atom stereocenters. The molecule has 158 valence electrons. The van der Waals surface area contributed by atoms with Crippen LogP contribution in [0.2, 0.25) is 0 Å². The molecule has 0 saturated carbocycles. The van der Waals surface area contributed by atoms with Gasteiger partial charge in [-0.05, 0) is 31.7 Å². The molecule has 4 aromatic rings. The summed E-state index contributed by atoms with van der Waals surface area (Å²) in [5.74, 6) is -0.367. The molecule has 0 aliphatic carbocycles. The molecule has 0 amide bonds. The van der Waals surface area contributed by atoms with Crippen LogP contribution in [0.4, 0.5) is 8.78 Å². The summed E-state index contributed by atoms with van der Waals surface area (Å²) < 4.78 is 33.2. The summed E-state index contributed by atoms with van der Waals surface area (Å²) in [5, 5.41) is 0. The molecule has 0 saturated heterocycles. The number of benzene rings is 2. The smallest absolute Gasteiger partial charge is 0.466 e. The zero-order valence-corrected chi connectivity index (χ0v) is 19.1. The fourth-order valence-electron chi connectivity index (χ4n) is 3.07. The van der Waals surface area contributed by atoms with Crippen molar-refractivity contribution in [1.29, 1.82) is 0 Å². The minimum Gasteiger partial charge on any atom is -0.466 e. The third-order valence-electron chi connectivity index (χ3n) is 4.76. The van der Waals surface area contributed by atoms with Gasteiger partial charge in [0.05, 0.1) is 5.69 Å². The van der Waals surface area contributed by atoms with Crippen molar-refractivity contribution in [1.82, 2.24) is 9.97 Å². The van der Waals surface area contributed by atoms with Gasteiger partial charge in [0.25, 0.3) is 0 Å². The van der Waals surface area contributed by atoms with Crippen molar-refractivity contribution >= 4 is 0 Å². The monoisotopic (exact) mass is 595 g/mol. The molecule has 0 N–H and O–H groups in total. The van der Waals surface area contributed by atoms with E-state index in [2.05, 4.69) is 22.1 Å². The molecule has 2 heterocycles. The van der Waals surface area contributed by atoms with Crippen molar-refractivity contribution in [2.24, 2.45) is 0 Å². The van der Waals surface area contributed by atoms with Crippen LogP contribution in [0.3, 0.4) is 0 Å². The third kappa shape index (κ3) is 5.05. The van der Waals surface area contributed by atoms with Gasteiger partial charge in [0.15, 0.2) is 0 Å². The normalized spacial score (nSPS) is 11.0. The predicted octanol–water partition coefficient (Wildman–Crippen LogP) is 6.14. The first-order valence-corrected chi connectivity index (χ1v) is 9.40. The van der Waals surface area contributed by atoms with Crippen LogP contribution in [0.25, 0.3) is 11.3 Å². The van der Waals surface area contributed by atoms with Gasteiger partial charge >= 0.3 is 21.1 Å². The van der Waals surface area contributed by atoms with Crippen molar-refractivity contribution in [2.75, 3.05) is 0 Å². The molecular formula is C25H18F2N2OPt. The molecule has 0 unspecified atom stereocenters. The molecule has 0 spiro atoms. The molecule has 0 radical (unpaired) electrons. The van der Waals surface area contributed by atoms with Gasteiger partial charge in [-0.2, -0.15) is 18.2 Å². The molecule has 2 aromatic heterocycles. The van der Waals surface area contributed by atoms with Crippen LogP contribution in [0.5, 0.6) is 11.6 Å². The van der Waals surface area contributed by atoms with Gasteiger partial charge in [0, 0.05) is 34.6 Å². The van der Waals surface area contributed by atoms with Gasteiger partial charge in [0.1, 0.15) is 0 Å². The maximum Gasteiger partial charge on any atom is 2.00 e. The first kappa shape index (κ1) is 22.8. The molecule has 3 nitrogen and oxygen atoms in total. The van der Waals surface area contributed by atoms with Gasteiger partial charge in [-0.3, -0.25) is 8.78 Å². The van der Waals surface area contributed by atoms with Gasteiger partial charge < -0.3 is 9.72 Å². The second-order valence-electron chi connectivity index (χ2n) is 7.26. The van der Waals surface area contributed by atoms with Crippen molar-refractivity contribution in [3.63, 3.8) is 0 Å². The van der Waals surface area contributed by atoms with E-state index in [1.807, 2.05) is 44.2 Å². The van der Waals surface area contributed by atoms with E-state index in [4.69, 9.17) is 4.74 Å². The fourth-order valence-corrected chi connectivity index (χ4v) is 3.07. The van der Waals surface area contributed by atoms with Crippen LogP contribution < -0.4 is 4.74 Å². The molecule has 31 heavy (non-hydrogen) atoms. The predicted molar refractivity (Wildman–Crippen MR) is 110 cm³/mol. The number of hydrogen-bond acceptors (Lipinski definition) is 3. The summed E-state index contributed by atoms with van der Waals surface area (Å²) in [7, 11) is 0. The third-order valence-corrected chi connectivity index (χ3v) is 4.76. The van der Waals surface area contributed by atoms with Crippen molar-refractivity contribution < 1.29 is 34.6 Å². The van der Waals surface area contributed by atoms with Gasteiger partial charge in [-0.25, -0.2) is 4.98 Å². The Morgan fingerprint density at radius 3 is 2.32 bits per heavy atom. The van der Waals surface area contributed by atoms with Crippen LogP contribution in [0, 0.1) is 23.8 Å². The first-order chi connectivity index (χ1) is 14.4. The fraction of sp³-hybridized carbons (Fsp3) is 0.120. The summed E-state index contributed by atoms with van der Waals surface area (Å²) >= 11 is 0. The summed E-state index contributed by atoms with van der Waals surface area (Å²) in [5.41, 5.74) is 1.34. The number of aromatic nitrogens is 2. The minimum atomic E-state index is -0.704. The number of para-hydroxylation sites is 1. The molecule has 0 aliphatic rings. The van der Waals surface area contributed by atoms with Crippen molar-refractivity contribution in [2.45, 2.75) is 19.3 Å². The van der Waals surface area contributed by atoms with Crippen molar-refractivity contribution in [3.8, 4) is 22.9 Å². The van der Waals surface area contributed by atoms with E-state index in [0.29, 0.717) is 23.0 Å². The van der Waals surface area contributed by atoms with Crippen molar-refractivity contribution in [3.05, 3.63) is 108 Å². The van der Waals surface area contributed by atoms with Gasteiger partial charge in [0.2, 0.25) is 5.88 Å². The van der Waals surface area contributed by atoms with Crippen LogP contribution in [0.1, 0.15) is 25.2 Å². The largest absolute Gasteiger partial charge is 2.00 e. The Labute approximate surface area is 194 Å². The van der Waals surface area contributed by atoms with E-state index in [1.54, 1.807) is 30.3 Å². The Hall–Kier alpha value is -2.91. The molecule has 4 rings (SSSR count). The summed E-state index contributed by atoms with van der Waals surface area (Å²) in [6, 6.07) is 25.7. The number of hydrogen-bond donors (Lipinski definition) is 0. The molecule has 0 fully saturated rings. The summed E-state index contributed by atoms with van der Waals surface area (Å²) in [6.45, 7) is 3.95. The number of nitrogens with zero attached hydrogens (tertiary/aromatic N) is 2. The zero-order chi connectivity index (χ0) is 21.1. The van der Waals surface area contributed by atoms with Gasteiger partial charge in [-0.15, -0.1) is 24.3 Å². The Kier molecular flexibility index (Phi) is 6.97. The van der Waals surface area contributed by atoms with E-state index < -0.39 is 17.0 Å². The second-order valence-corrected chi connectivity index (χ2v) is 7.26. The molecular weight excluding hydrogens is 577 g/mol. The Morgan fingerprint density at radius 1 is 0.871 bits per heavy atom. The van der Waals surface area contributed by atoms with Crippen LogP contribution in [-0.2, 0) is 26.5 Å². The minimum absolute atomic E-state index is 0. The molecule has 2 aromatic carbocycles. The van der Waals surface area contributed by atoms with Gasteiger partial charge in [-0.1, -0.05) is 29.8 Å². The molecule has 6 heteroatoms. The molecule has 0 aliphatic heterocycles. The maximum atomic E-state index is 14.2. The number of ether oxygens (including phenoxy) is 1. The SMILES string of the molecule is CC(C)(c1cccc(Oc2[c-]cccc2)n1)c1cccc(-c2[c-]cc(F)cc2F)n1.[Pt+2]. The molecule has 0 bridgehead atoms. The van der Waals surface area contributed by atoms with E-state index in [1.165, 1.54) is 0 Å². The number of halogens is 2.